The molecule has 0 bridgehead atoms. The molecule has 1 N–H and O–H groups in total. The van der Waals surface area contributed by atoms with Crippen molar-refractivity contribution in [3.05, 3.63) is 47.7 Å². The van der Waals surface area contributed by atoms with Gasteiger partial charge in [-0.15, -0.1) is 0 Å². The van der Waals surface area contributed by atoms with Crippen LogP contribution in [0, 0.1) is 0 Å². The Morgan fingerprint density at radius 2 is 1.95 bits per heavy atom. The molecule has 110 valence electrons. The van der Waals surface area contributed by atoms with Crippen LogP contribution in [0.3, 0.4) is 0 Å². The van der Waals surface area contributed by atoms with E-state index in [1.807, 2.05) is 0 Å². The number of halogens is 3. The number of pyridine rings is 1. The first-order valence-electron chi connectivity index (χ1n) is 5.78. The minimum atomic E-state index is -4.51. The van der Waals surface area contributed by atoms with Crippen molar-refractivity contribution in [2.24, 2.45) is 0 Å². The lowest BCUT2D eigenvalue weighted by molar-refractivity contribution is -0.137. The number of alkyl halides is 3. The fourth-order valence-corrected chi connectivity index (χ4v) is 1.80. The first kappa shape index (κ1) is 14.8. The molecule has 0 atom stereocenters. The minimum absolute atomic E-state index is 0.0699. The van der Waals surface area contributed by atoms with Gasteiger partial charge >= 0.3 is 12.1 Å². The first-order chi connectivity index (χ1) is 9.82. The molecular formula is C14H10F3NO3. The molecule has 2 rings (SSSR count). The highest BCUT2D eigenvalue weighted by Crippen LogP contribution is 2.36. The van der Waals surface area contributed by atoms with Gasteiger partial charge in [0.05, 0.1) is 23.9 Å². The number of carboxylic acids is 1. The average molecular weight is 297 g/mol. The number of aromatic nitrogens is 1. The predicted molar refractivity (Wildman–Crippen MR) is 68.2 cm³/mol. The summed E-state index contributed by atoms with van der Waals surface area (Å²) >= 11 is 0. The summed E-state index contributed by atoms with van der Waals surface area (Å²) in [6.07, 6.45) is -3.29. The van der Waals surface area contributed by atoms with Crippen LogP contribution in [0.5, 0.6) is 5.75 Å². The maximum atomic E-state index is 12.8. The molecule has 0 unspecified atom stereocenters. The topological polar surface area (TPSA) is 59.4 Å². The fourth-order valence-electron chi connectivity index (χ4n) is 1.80. The Balaban J connectivity index is 2.61. The number of ether oxygens (including phenoxy) is 1. The van der Waals surface area contributed by atoms with E-state index < -0.39 is 17.7 Å². The molecule has 1 aromatic heterocycles. The third kappa shape index (κ3) is 3.13. The van der Waals surface area contributed by atoms with Crippen LogP contribution in [0.1, 0.15) is 15.9 Å². The molecule has 21 heavy (non-hydrogen) atoms. The number of carbonyl (C=O) groups is 1. The van der Waals surface area contributed by atoms with Gasteiger partial charge in [-0.25, -0.2) is 4.79 Å². The predicted octanol–water partition coefficient (Wildman–Crippen LogP) is 3.47. The number of rotatable bonds is 3. The Labute approximate surface area is 117 Å². The molecule has 1 aromatic carbocycles. The van der Waals surface area contributed by atoms with Gasteiger partial charge in [0, 0.05) is 11.8 Å². The number of hydrogen-bond acceptors (Lipinski definition) is 3. The summed E-state index contributed by atoms with van der Waals surface area (Å²) in [7, 11) is 1.31. The molecule has 0 radical (unpaired) electrons. The van der Waals surface area contributed by atoms with Crippen molar-refractivity contribution in [3.8, 4) is 17.0 Å². The van der Waals surface area contributed by atoms with Crippen molar-refractivity contribution in [1.82, 2.24) is 4.98 Å². The van der Waals surface area contributed by atoms with Crippen LogP contribution in [0.25, 0.3) is 11.3 Å². The number of benzene rings is 1. The lowest BCUT2D eigenvalue weighted by atomic mass is 10.0. The van der Waals surface area contributed by atoms with E-state index in [1.54, 1.807) is 0 Å². The zero-order chi connectivity index (χ0) is 15.6. The van der Waals surface area contributed by atoms with E-state index >= 15 is 0 Å². The van der Waals surface area contributed by atoms with Gasteiger partial charge in [-0.05, 0) is 30.3 Å². The lowest BCUT2D eigenvalue weighted by Gasteiger charge is -2.12. The van der Waals surface area contributed by atoms with Crippen LogP contribution in [-0.2, 0) is 6.18 Å². The number of carboxylic acid groups (broad SMARTS) is 1. The average Bonchev–Trinajstić information content (AvgIpc) is 2.45. The summed E-state index contributed by atoms with van der Waals surface area (Å²) < 4.78 is 43.3. The second-order valence-electron chi connectivity index (χ2n) is 4.15. The van der Waals surface area contributed by atoms with Crippen LogP contribution in [0.15, 0.2) is 36.5 Å². The monoisotopic (exact) mass is 297 g/mol. The van der Waals surface area contributed by atoms with Crippen molar-refractivity contribution < 1.29 is 27.8 Å². The molecule has 0 amide bonds. The molecule has 0 saturated carbocycles. The molecule has 2 aromatic rings. The highest BCUT2D eigenvalue weighted by Gasteiger charge is 2.31. The van der Waals surface area contributed by atoms with E-state index in [0.29, 0.717) is 0 Å². The second kappa shape index (κ2) is 5.43. The van der Waals surface area contributed by atoms with Crippen molar-refractivity contribution >= 4 is 5.97 Å². The van der Waals surface area contributed by atoms with Crippen LogP contribution >= 0.6 is 0 Å². The fraction of sp³-hybridized carbons (Fsp3) is 0.143. The Kier molecular flexibility index (Phi) is 3.84. The number of hydrogen-bond donors (Lipinski definition) is 1. The lowest BCUT2D eigenvalue weighted by Crippen LogP contribution is -2.05. The highest BCUT2D eigenvalue weighted by molar-refractivity contribution is 5.89. The highest BCUT2D eigenvalue weighted by atomic mass is 19.4. The zero-order valence-corrected chi connectivity index (χ0v) is 10.8. The van der Waals surface area contributed by atoms with Gasteiger partial charge in [-0.2, -0.15) is 13.2 Å². The van der Waals surface area contributed by atoms with Gasteiger partial charge in [0.1, 0.15) is 5.75 Å². The normalized spacial score (nSPS) is 11.2. The van der Waals surface area contributed by atoms with Crippen LogP contribution in [-0.4, -0.2) is 23.2 Å². The van der Waals surface area contributed by atoms with E-state index in [4.69, 9.17) is 9.84 Å². The third-order valence-electron chi connectivity index (χ3n) is 2.81. The molecule has 4 nitrogen and oxygen atoms in total. The summed E-state index contributed by atoms with van der Waals surface area (Å²) in [5, 5.41) is 8.93. The summed E-state index contributed by atoms with van der Waals surface area (Å²) in [6.45, 7) is 0. The van der Waals surface area contributed by atoms with Crippen molar-refractivity contribution in [1.29, 1.82) is 0 Å². The van der Waals surface area contributed by atoms with Crippen molar-refractivity contribution in [2.75, 3.05) is 7.11 Å². The van der Waals surface area contributed by atoms with Gasteiger partial charge in [-0.3, -0.25) is 4.98 Å². The van der Waals surface area contributed by atoms with Crippen molar-refractivity contribution in [2.45, 2.75) is 6.18 Å². The first-order valence-corrected chi connectivity index (χ1v) is 5.78. The number of nitrogens with zero attached hydrogens (tertiary/aromatic N) is 1. The Bertz CT molecular complexity index is 683. The summed E-state index contributed by atoms with van der Waals surface area (Å²) in [4.78, 5) is 14.8. The summed E-state index contributed by atoms with van der Waals surface area (Å²) in [5.41, 5.74) is -0.756. The maximum Gasteiger partial charge on any atom is 0.416 e. The van der Waals surface area contributed by atoms with Gasteiger partial charge in [-0.1, -0.05) is 0 Å². The van der Waals surface area contributed by atoms with E-state index in [9.17, 15) is 18.0 Å². The van der Waals surface area contributed by atoms with Gasteiger partial charge in [0.25, 0.3) is 0 Å². The molecule has 0 spiro atoms. The van der Waals surface area contributed by atoms with Crippen molar-refractivity contribution in [3.63, 3.8) is 0 Å². The van der Waals surface area contributed by atoms with Gasteiger partial charge in [0.15, 0.2) is 0 Å². The van der Waals surface area contributed by atoms with E-state index in [2.05, 4.69) is 4.98 Å². The van der Waals surface area contributed by atoms with Gasteiger partial charge in [0.2, 0.25) is 0 Å². The van der Waals surface area contributed by atoms with E-state index in [-0.39, 0.29) is 22.6 Å². The standard InChI is InChI=1S/C14H10F3NO3/c1-21-12-3-2-9(14(15,16)17)7-10(12)11-6-8(13(19)20)4-5-18-11/h2-7H,1H3,(H,19,20). The quantitative estimate of drug-likeness (QED) is 0.942. The summed E-state index contributed by atoms with van der Waals surface area (Å²) in [6, 6.07) is 5.40. The molecule has 0 aliphatic heterocycles. The molecule has 0 saturated heterocycles. The van der Waals surface area contributed by atoms with Crippen LogP contribution in [0.2, 0.25) is 0 Å². The third-order valence-corrected chi connectivity index (χ3v) is 2.81. The summed E-state index contributed by atoms with van der Waals surface area (Å²) in [5.74, 6) is -1.01. The largest absolute Gasteiger partial charge is 0.496 e. The Morgan fingerprint density at radius 3 is 2.52 bits per heavy atom. The molecule has 0 fully saturated rings. The Morgan fingerprint density at radius 1 is 1.24 bits per heavy atom. The molecule has 7 heteroatoms. The number of aromatic carboxylic acids is 1. The SMILES string of the molecule is COc1ccc(C(F)(F)F)cc1-c1cc(C(=O)O)ccn1. The van der Waals surface area contributed by atoms with E-state index in [1.165, 1.54) is 31.5 Å². The minimum Gasteiger partial charge on any atom is -0.496 e. The van der Waals surface area contributed by atoms with Gasteiger partial charge < -0.3 is 9.84 Å². The van der Waals surface area contributed by atoms with E-state index in [0.717, 1.165) is 12.1 Å². The Hall–Kier alpha value is -2.57. The second-order valence-corrected chi connectivity index (χ2v) is 4.15. The maximum absolute atomic E-state index is 12.8. The molecule has 1 heterocycles. The smallest absolute Gasteiger partial charge is 0.416 e. The molecular weight excluding hydrogens is 287 g/mol. The van der Waals surface area contributed by atoms with Crippen LogP contribution < -0.4 is 4.74 Å². The zero-order valence-electron chi connectivity index (χ0n) is 10.8. The number of methoxy groups -OCH3 is 1. The molecule has 0 aliphatic rings. The van der Waals surface area contributed by atoms with Crippen LogP contribution in [0.4, 0.5) is 13.2 Å². The molecule has 0 aliphatic carbocycles.